The first kappa shape index (κ1) is 14.1. The molecule has 2 aliphatic heterocycles. The van der Waals surface area contributed by atoms with E-state index in [0.717, 1.165) is 26.0 Å². The van der Waals surface area contributed by atoms with E-state index in [-0.39, 0.29) is 13.1 Å². The van der Waals surface area contributed by atoms with Gasteiger partial charge in [0.05, 0.1) is 12.5 Å². The molecule has 0 radical (unpaired) electrons. The Labute approximate surface area is 106 Å². The number of nitrogens with zero attached hydrogens (tertiary/aromatic N) is 1. The van der Waals surface area contributed by atoms with Crippen molar-refractivity contribution in [3.8, 4) is 0 Å². The van der Waals surface area contributed by atoms with Crippen molar-refractivity contribution in [2.45, 2.75) is 19.0 Å². The van der Waals surface area contributed by atoms with Gasteiger partial charge in [-0.3, -0.25) is 0 Å². The summed E-state index contributed by atoms with van der Waals surface area (Å²) in [6.45, 7) is 3.72. The zero-order chi connectivity index (χ0) is 13.0. The summed E-state index contributed by atoms with van der Waals surface area (Å²) in [6.07, 6.45) is -2.00. The molecule has 2 unspecified atom stereocenters. The summed E-state index contributed by atoms with van der Waals surface area (Å²) in [5.74, 6) is -0.852. The van der Waals surface area contributed by atoms with E-state index in [9.17, 15) is 13.2 Å². The molecule has 2 saturated heterocycles. The maximum Gasteiger partial charge on any atom is 0.394 e. The van der Waals surface area contributed by atoms with Crippen LogP contribution in [0, 0.1) is 11.8 Å². The fourth-order valence-electron chi connectivity index (χ4n) is 2.68. The highest BCUT2D eigenvalue weighted by Crippen LogP contribution is 2.28. The van der Waals surface area contributed by atoms with Gasteiger partial charge in [-0.15, -0.1) is 0 Å². The van der Waals surface area contributed by atoms with E-state index in [0.29, 0.717) is 25.6 Å². The van der Waals surface area contributed by atoms with Gasteiger partial charge in [0, 0.05) is 39.3 Å². The van der Waals surface area contributed by atoms with Crippen LogP contribution in [0.1, 0.15) is 12.8 Å². The molecule has 2 heterocycles. The summed E-state index contributed by atoms with van der Waals surface area (Å²) in [5, 5.41) is 2.88. The standard InChI is InChI=1S/C12H21F3N2O/c13-12(14,15)11-6-16-3-4-17(8-11)7-10-2-1-5-18-9-10/h10-11,16H,1-9H2. The maximum absolute atomic E-state index is 12.8. The third-order valence-corrected chi connectivity index (χ3v) is 3.71. The van der Waals surface area contributed by atoms with E-state index in [2.05, 4.69) is 5.32 Å². The van der Waals surface area contributed by atoms with Crippen LogP contribution in [-0.4, -0.2) is 57.0 Å². The largest absolute Gasteiger partial charge is 0.394 e. The molecule has 2 aliphatic rings. The molecule has 2 atom stereocenters. The predicted octanol–water partition coefficient (Wildman–Crippen LogP) is 1.50. The minimum absolute atomic E-state index is 0.0428. The minimum atomic E-state index is -4.10. The van der Waals surface area contributed by atoms with Crippen LogP contribution >= 0.6 is 0 Å². The Morgan fingerprint density at radius 2 is 2.17 bits per heavy atom. The highest BCUT2D eigenvalue weighted by Gasteiger charge is 2.41. The minimum Gasteiger partial charge on any atom is -0.381 e. The lowest BCUT2D eigenvalue weighted by Crippen LogP contribution is -2.41. The monoisotopic (exact) mass is 266 g/mol. The molecule has 0 bridgehead atoms. The number of nitrogens with one attached hydrogen (secondary N) is 1. The number of ether oxygens (including phenoxy) is 1. The summed E-state index contributed by atoms with van der Waals surface area (Å²) in [5.41, 5.74) is 0. The van der Waals surface area contributed by atoms with Gasteiger partial charge in [-0.1, -0.05) is 0 Å². The van der Waals surface area contributed by atoms with Crippen molar-refractivity contribution in [2.24, 2.45) is 11.8 Å². The molecule has 0 aromatic heterocycles. The Kier molecular flexibility index (Phi) is 4.86. The van der Waals surface area contributed by atoms with Crippen LogP contribution in [0.2, 0.25) is 0 Å². The molecule has 0 spiro atoms. The lowest BCUT2D eigenvalue weighted by Gasteiger charge is -2.30. The molecule has 2 fully saturated rings. The molecule has 0 saturated carbocycles. The topological polar surface area (TPSA) is 24.5 Å². The van der Waals surface area contributed by atoms with E-state index in [1.807, 2.05) is 4.90 Å². The average Bonchev–Trinajstić information content (AvgIpc) is 2.55. The van der Waals surface area contributed by atoms with Gasteiger partial charge in [-0.2, -0.15) is 13.2 Å². The lowest BCUT2D eigenvalue weighted by atomic mass is 10.0. The molecule has 0 aliphatic carbocycles. The van der Waals surface area contributed by atoms with Gasteiger partial charge in [-0.05, 0) is 18.8 Å². The van der Waals surface area contributed by atoms with Crippen molar-refractivity contribution in [3.05, 3.63) is 0 Å². The van der Waals surface area contributed by atoms with Crippen LogP contribution in [0.4, 0.5) is 13.2 Å². The molecule has 6 heteroatoms. The van der Waals surface area contributed by atoms with Gasteiger partial charge in [0.25, 0.3) is 0 Å². The van der Waals surface area contributed by atoms with Crippen LogP contribution in [0.25, 0.3) is 0 Å². The van der Waals surface area contributed by atoms with E-state index < -0.39 is 12.1 Å². The van der Waals surface area contributed by atoms with Crippen molar-refractivity contribution in [1.82, 2.24) is 10.2 Å². The number of alkyl halides is 3. The summed E-state index contributed by atoms with van der Waals surface area (Å²) in [7, 11) is 0. The Morgan fingerprint density at radius 3 is 2.83 bits per heavy atom. The SMILES string of the molecule is FC(F)(F)C1CNCCN(CC2CCCOC2)C1. The van der Waals surface area contributed by atoms with Crippen LogP contribution in [0.5, 0.6) is 0 Å². The molecule has 0 amide bonds. The second-order valence-corrected chi connectivity index (χ2v) is 5.29. The van der Waals surface area contributed by atoms with Crippen molar-refractivity contribution in [2.75, 3.05) is 45.9 Å². The number of halogens is 3. The fraction of sp³-hybridized carbons (Fsp3) is 1.00. The second kappa shape index (κ2) is 6.21. The first-order valence-corrected chi connectivity index (χ1v) is 6.63. The second-order valence-electron chi connectivity index (χ2n) is 5.29. The van der Waals surface area contributed by atoms with E-state index in [4.69, 9.17) is 4.74 Å². The normalized spacial score (nSPS) is 32.2. The van der Waals surface area contributed by atoms with Crippen LogP contribution in [-0.2, 0) is 4.74 Å². The van der Waals surface area contributed by atoms with Gasteiger partial charge in [0.15, 0.2) is 0 Å². The van der Waals surface area contributed by atoms with Crippen molar-refractivity contribution in [3.63, 3.8) is 0 Å². The van der Waals surface area contributed by atoms with Gasteiger partial charge < -0.3 is 15.0 Å². The summed E-state index contributed by atoms with van der Waals surface area (Å²) >= 11 is 0. The van der Waals surface area contributed by atoms with Crippen molar-refractivity contribution in [1.29, 1.82) is 0 Å². The molecular formula is C12H21F3N2O. The molecule has 0 aromatic carbocycles. The average molecular weight is 266 g/mol. The molecular weight excluding hydrogens is 245 g/mol. The van der Waals surface area contributed by atoms with Gasteiger partial charge >= 0.3 is 6.18 Å². The smallest absolute Gasteiger partial charge is 0.381 e. The molecule has 18 heavy (non-hydrogen) atoms. The quantitative estimate of drug-likeness (QED) is 0.819. The molecule has 3 nitrogen and oxygen atoms in total. The number of hydrogen-bond acceptors (Lipinski definition) is 3. The maximum atomic E-state index is 12.8. The van der Waals surface area contributed by atoms with Crippen LogP contribution in [0.3, 0.4) is 0 Å². The fourth-order valence-corrected chi connectivity index (χ4v) is 2.68. The molecule has 0 aromatic rings. The zero-order valence-electron chi connectivity index (χ0n) is 10.5. The number of rotatable bonds is 2. The van der Waals surface area contributed by atoms with Crippen molar-refractivity contribution < 1.29 is 17.9 Å². The summed E-state index contributed by atoms with van der Waals surface area (Å²) in [4.78, 5) is 1.94. The van der Waals surface area contributed by atoms with Crippen LogP contribution in [0.15, 0.2) is 0 Å². The highest BCUT2D eigenvalue weighted by molar-refractivity contribution is 4.80. The molecule has 106 valence electrons. The van der Waals surface area contributed by atoms with Crippen molar-refractivity contribution >= 4 is 0 Å². The highest BCUT2D eigenvalue weighted by atomic mass is 19.4. The van der Waals surface area contributed by atoms with Crippen LogP contribution < -0.4 is 5.32 Å². The molecule has 1 N–H and O–H groups in total. The Balaban J connectivity index is 1.86. The first-order valence-electron chi connectivity index (χ1n) is 6.63. The van der Waals surface area contributed by atoms with E-state index in [1.165, 1.54) is 0 Å². The summed E-state index contributed by atoms with van der Waals surface area (Å²) < 4.78 is 43.7. The van der Waals surface area contributed by atoms with Gasteiger partial charge in [0.2, 0.25) is 0 Å². The third-order valence-electron chi connectivity index (χ3n) is 3.71. The van der Waals surface area contributed by atoms with Gasteiger partial charge in [-0.25, -0.2) is 0 Å². The molecule has 2 rings (SSSR count). The predicted molar refractivity (Wildman–Crippen MR) is 62.4 cm³/mol. The zero-order valence-corrected chi connectivity index (χ0v) is 10.5. The Hall–Kier alpha value is -0.330. The number of hydrogen-bond donors (Lipinski definition) is 1. The lowest BCUT2D eigenvalue weighted by molar-refractivity contribution is -0.176. The first-order chi connectivity index (χ1) is 8.55. The van der Waals surface area contributed by atoms with E-state index in [1.54, 1.807) is 0 Å². The Bertz CT molecular complexity index is 254. The third kappa shape index (κ3) is 4.10. The summed E-state index contributed by atoms with van der Waals surface area (Å²) in [6, 6.07) is 0. The van der Waals surface area contributed by atoms with Gasteiger partial charge in [0.1, 0.15) is 0 Å². The Morgan fingerprint density at radius 1 is 1.33 bits per heavy atom. The van der Waals surface area contributed by atoms with E-state index >= 15 is 0 Å².